The average Bonchev–Trinajstić information content (AvgIpc) is 2.22. The van der Waals surface area contributed by atoms with Crippen LogP contribution in [-0.4, -0.2) is 12.5 Å². The molecular weight excluding hydrogens is 243 g/mol. The molecule has 0 aliphatic carbocycles. The van der Waals surface area contributed by atoms with Gasteiger partial charge in [0.2, 0.25) is 5.91 Å². The highest BCUT2D eigenvalue weighted by molar-refractivity contribution is 5.73. The summed E-state index contributed by atoms with van der Waals surface area (Å²) in [4.78, 5) is 10.6. The number of alkyl halides is 3. The van der Waals surface area contributed by atoms with Gasteiger partial charge < -0.3 is 5.32 Å². The average molecular weight is 257 g/mol. The number of hydrogen-bond acceptors (Lipinski definition) is 1. The van der Waals surface area contributed by atoms with Gasteiger partial charge in [-0.15, -0.1) is 0 Å². The number of amides is 1. The lowest BCUT2D eigenvalue weighted by atomic mass is 10.1. The molecular formula is C13H14F3NO. The summed E-state index contributed by atoms with van der Waals surface area (Å²) in [5.41, 5.74) is 0.346. The highest BCUT2D eigenvalue weighted by Crippen LogP contribution is 2.30. The van der Waals surface area contributed by atoms with Gasteiger partial charge in [0.05, 0.1) is 5.56 Å². The quantitative estimate of drug-likeness (QED) is 0.885. The fourth-order valence-electron chi connectivity index (χ4n) is 1.47. The summed E-state index contributed by atoms with van der Waals surface area (Å²) >= 11 is 0. The molecule has 5 heteroatoms. The number of rotatable bonds is 3. The van der Waals surface area contributed by atoms with Gasteiger partial charge in [-0.25, -0.2) is 0 Å². The van der Waals surface area contributed by atoms with Gasteiger partial charge in [-0.3, -0.25) is 4.79 Å². The fourth-order valence-corrected chi connectivity index (χ4v) is 1.47. The van der Waals surface area contributed by atoms with Gasteiger partial charge in [0, 0.05) is 13.5 Å². The number of carbonyl (C=O) groups excluding carboxylic acids is 1. The minimum atomic E-state index is -4.34. The lowest BCUT2D eigenvalue weighted by molar-refractivity contribution is -0.137. The normalized spacial score (nSPS) is 11.8. The van der Waals surface area contributed by atoms with Gasteiger partial charge in [-0.2, -0.15) is 13.2 Å². The lowest BCUT2D eigenvalue weighted by Crippen LogP contribution is -2.19. The van der Waals surface area contributed by atoms with Crippen molar-refractivity contribution in [2.24, 2.45) is 0 Å². The third-order valence-corrected chi connectivity index (χ3v) is 2.21. The Labute approximate surface area is 104 Å². The predicted octanol–water partition coefficient (Wildman–Crippen LogP) is 3.16. The minimum absolute atomic E-state index is 0.181. The molecule has 0 aliphatic heterocycles. The van der Waals surface area contributed by atoms with Crippen molar-refractivity contribution in [2.75, 3.05) is 6.54 Å². The van der Waals surface area contributed by atoms with Crippen LogP contribution in [0.5, 0.6) is 0 Å². The zero-order valence-electron chi connectivity index (χ0n) is 10.1. The predicted molar refractivity (Wildman–Crippen MR) is 63.9 cm³/mol. The molecule has 0 saturated carbocycles. The molecule has 0 aromatic heterocycles. The van der Waals surface area contributed by atoms with Gasteiger partial charge in [-0.05, 0) is 30.2 Å². The van der Waals surface area contributed by atoms with E-state index in [9.17, 15) is 18.0 Å². The van der Waals surface area contributed by atoms with Crippen LogP contribution in [0.3, 0.4) is 0 Å². The van der Waals surface area contributed by atoms with E-state index < -0.39 is 11.7 Å². The first-order valence-electron chi connectivity index (χ1n) is 5.39. The first-order valence-corrected chi connectivity index (χ1v) is 5.39. The molecule has 1 aromatic rings. The summed E-state index contributed by atoms with van der Waals surface area (Å²) in [5.74, 6) is -0.181. The Morgan fingerprint density at radius 3 is 2.56 bits per heavy atom. The standard InChI is InChI=1S/C13H14F3NO/c1-9-6-11(4-3-5-17-10(2)18)8-12(7-9)13(14,15)16/h3-4,6-8H,5H2,1-2H3,(H,17,18). The maximum absolute atomic E-state index is 12.6. The molecule has 0 heterocycles. The molecule has 0 aliphatic rings. The second kappa shape index (κ2) is 5.71. The number of hydrogen-bond donors (Lipinski definition) is 1. The Kier molecular flexibility index (Phi) is 4.53. The second-order valence-electron chi connectivity index (χ2n) is 3.97. The van der Waals surface area contributed by atoms with Crippen molar-refractivity contribution in [1.82, 2.24) is 5.32 Å². The number of halogens is 3. The molecule has 0 bridgehead atoms. The second-order valence-corrected chi connectivity index (χ2v) is 3.97. The number of benzene rings is 1. The van der Waals surface area contributed by atoms with Crippen LogP contribution in [0.4, 0.5) is 13.2 Å². The topological polar surface area (TPSA) is 29.1 Å². The highest BCUT2D eigenvalue weighted by atomic mass is 19.4. The molecule has 0 fully saturated rings. The van der Waals surface area contributed by atoms with E-state index in [0.717, 1.165) is 12.1 Å². The Bertz CT molecular complexity index is 464. The van der Waals surface area contributed by atoms with Crippen LogP contribution < -0.4 is 5.32 Å². The van der Waals surface area contributed by atoms with Gasteiger partial charge in [0.15, 0.2) is 0 Å². The fraction of sp³-hybridized carbons (Fsp3) is 0.308. The van der Waals surface area contributed by atoms with E-state index in [-0.39, 0.29) is 5.91 Å². The van der Waals surface area contributed by atoms with Gasteiger partial charge >= 0.3 is 6.18 Å². The van der Waals surface area contributed by atoms with E-state index in [4.69, 9.17) is 0 Å². The summed E-state index contributed by atoms with van der Waals surface area (Å²) in [7, 11) is 0. The van der Waals surface area contributed by atoms with Crippen molar-refractivity contribution < 1.29 is 18.0 Å². The molecule has 0 atom stereocenters. The molecule has 1 rings (SSSR count). The highest BCUT2D eigenvalue weighted by Gasteiger charge is 2.30. The Balaban J connectivity index is 2.84. The van der Waals surface area contributed by atoms with Crippen LogP contribution in [0.25, 0.3) is 6.08 Å². The number of nitrogens with one attached hydrogen (secondary N) is 1. The van der Waals surface area contributed by atoms with Crippen molar-refractivity contribution in [3.8, 4) is 0 Å². The van der Waals surface area contributed by atoms with Crippen molar-refractivity contribution in [3.63, 3.8) is 0 Å². The largest absolute Gasteiger partial charge is 0.416 e. The monoisotopic (exact) mass is 257 g/mol. The summed E-state index contributed by atoms with van der Waals surface area (Å²) in [5, 5.41) is 2.53. The van der Waals surface area contributed by atoms with Crippen LogP contribution in [0.15, 0.2) is 24.3 Å². The Morgan fingerprint density at radius 1 is 1.33 bits per heavy atom. The van der Waals surface area contributed by atoms with Gasteiger partial charge in [0.25, 0.3) is 0 Å². The molecule has 1 amide bonds. The van der Waals surface area contributed by atoms with Crippen LogP contribution in [0, 0.1) is 6.92 Å². The van der Waals surface area contributed by atoms with Crippen LogP contribution in [0.1, 0.15) is 23.6 Å². The van der Waals surface area contributed by atoms with Crippen LogP contribution in [-0.2, 0) is 11.0 Å². The Morgan fingerprint density at radius 2 is 2.00 bits per heavy atom. The number of carbonyl (C=O) groups is 1. The van der Waals surface area contributed by atoms with Crippen molar-refractivity contribution in [3.05, 3.63) is 41.0 Å². The summed E-state index contributed by atoms with van der Waals surface area (Å²) in [6.45, 7) is 3.29. The summed E-state index contributed by atoms with van der Waals surface area (Å²) in [6, 6.07) is 3.84. The van der Waals surface area contributed by atoms with Gasteiger partial charge in [0.1, 0.15) is 0 Å². The van der Waals surface area contributed by atoms with Gasteiger partial charge in [-0.1, -0.05) is 18.2 Å². The van der Waals surface area contributed by atoms with E-state index in [1.807, 2.05) is 0 Å². The molecule has 0 radical (unpaired) electrons. The van der Waals surface area contributed by atoms with Crippen molar-refractivity contribution in [1.29, 1.82) is 0 Å². The summed E-state index contributed by atoms with van der Waals surface area (Å²) in [6.07, 6.45) is -1.18. The molecule has 1 aromatic carbocycles. The Hall–Kier alpha value is -1.78. The molecule has 98 valence electrons. The SMILES string of the molecule is CC(=O)NCC=Cc1cc(C)cc(C(F)(F)F)c1. The third kappa shape index (κ3) is 4.61. The zero-order valence-corrected chi connectivity index (χ0v) is 10.1. The third-order valence-electron chi connectivity index (χ3n) is 2.21. The van der Waals surface area contributed by atoms with E-state index >= 15 is 0 Å². The molecule has 18 heavy (non-hydrogen) atoms. The van der Waals surface area contributed by atoms with E-state index in [0.29, 0.717) is 17.7 Å². The lowest BCUT2D eigenvalue weighted by Gasteiger charge is -2.08. The molecule has 0 spiro atoms. The maximum Gasteiger partial charge on any atom is 0.416 e. The van der Waals surface area contributed by atoms with Crippen molar-refractivity contribution in [2.45, 2.75) is 20.0 Å². The zero-order chi connectivity index (χ0) is 13.8. The van der Waals surface area contributed by atoms with Crippen LogP contribution >= 0.6 is 0 Å². The van der Waals surface area contributed by atoms with E-state index in [1.165, 1.54) is 6.92 Å². The van der Waals surface area contributed by atoms with E-state index in [1.54, 1.807) is 25.1 Å². The number of aryl methyl sites for hydroxylation is 1. The first kappa shape index (κ1) is 14.3. The molecule has 0 saturated heterocycles. The molecule has 0 unspecified atom stereocenters. The molecule has 2 nitrogen and oxygen atoms in total. The minimum Gasteiger partial charge on any atom is -0.353 e. The van der Waals surface area contributed by atoms with Crippen molar-refractivity contribution >= 4 is 12.0 Å². The smallest absolute Gasteiger partial charge is 0.353 e. The first-order chi connectivity index (χ1) is 8.29. The maximum atomic E-state index is 12.6. The van der Waals surface area contributed by atoms with Crippen LogP contribution in [0.2, 0.25) is 0 Å². The molecule has 1 N–H and O–H groups in total. The summed E-state index contributed by atoms with van der Waals surface area (Å²) < 4.78 is 37.7. The van der Waals surface area contributed by atoms with E-state index in [2.05, 4.69) is 5.32 Å².